The number of nitrogens with zero attached hydrogens (tertiary/aromatic N) is 1. The van der Waals surface area contributed by atoms with E-state index in [4.69, 9.17) is 9.47 Å². The number of hydrogen-bond donors (Lipinski definition) is 1. The Balaban J connectivity index is 1.56. The molecular formula is C20H16BrNO5. The average Bonchev–Trinajstić information content (AvgIpc) is 3.18. The van der Waals surface area contributed by atoms with Crippen LogP contribution < -0.4 is 14.4 Å². The number of allylic oxidation sites excluding steroid dienone is 1. The van der Waals surface area contributed by atoms with Crippen molar-refractivity contribution >= 4 is 39.4 Å². The molecule has 0 aromatic heterocycles. The molecule has 1 amide bonds. The maximum atomic E-state index is 12.6. The molecular weight excluding hydrogens is 414 g/mol. The van der Waals surface area contributed by atoms with Crippen molar-refractivity contribution in [1.82, 2.24) is 0 Å². The number of amides is 1. The van der Waals surface area contributed by atoms with E-state index in [1.54, 1.807) is 49.5 Å². The van der Waals surface area contributed by atoms with Crippen molar-refractivity contribution in [1.29, 1.82) is 0 Å². The third-order valence-electron chi connectivity index (χ3n) is 4.71. The fourth-order valence-electron chi connectivity index (χ4n) is 3.32. The molecule has 0 fully saturated rings. The number of carbonyl (C=O) groups excluding carboxylic acids is 2. The predicted octanol–water partition coefficient (Wildman–Crippen LogP) is 3.01. The lowest BCUT2D eigenvalue weighted by molar-refractivity contribution is -0.140. The lowest BCUT2D eigenvalue weighted by Gasteiger charge is -2.20. The number of ether oxygens (including phenoxy) is 2. The molecule has 1 N–H and O–H groups in total. The minimum absolute atomic E-state index is 0.180. The summed E-state index contributed by atoms with van der Waals surface area (Å²) in [5.41, 5.74) is -0.0884. The molecule has 6 nitrogen and oxygen atoms in total. The molecule has 2 aromatic carbocycles. The molecule has 7 heteroatoms. The van der Waals surface area contributed by atoms with Crippen molar-refractivity contribution in [3.8, 4) is 11.5 Å². The van der Waals surface area contributed by atoms with Gasteiger partial charge in [0.15, 0.2) is 22.9 Å². The SMILES string of the molecule is CN1C(=O)[C@@](O)(CC(=O)/C=C/c2ccc3c(c2)OCO3)c2cc(Br)ccc21. The lowest BCUT2D eigenvalue weighted by Crippen LogP contribution is -2.40. The van der Waals surface area contributed by atoms with Gasteiger partial charge in [-0.05, 0) is 42.0 Å². The summed E-state index contributed by atoms with van der Waals surface area (Å²) in [5.74, 6) is 0.411. The van der Waals surface area contributed by atoms with Crippen molar-refractivity contribution in [2.45, 2.75) is 12.0 Å². The first-order valence-corrected chi connectivity index (χ1v) is 9.09. The Labute approximate surface area is 164 Å². The van der Waals surface area contributed by atoms with E-state index in [1.807, 2.05) is 0 Å². The molecule has 0 bridgehead atoms. The van der Waals surface area contributed by atoms with Crippen molar-refractivity contribution in [3.05, 3.63) is 58.1 Å². The summed E-state index contributed by atoms with van der Waals surface area (Å²) in [4.78, 5) is 26.4. The minimum atomic E-state index is -1.87. The summed E-state index contributed by atoms with van der Waals surface area (Å²) in [6, 6.07) is 10.5. The molecule has 0 spiro atoms. The van der Waals surface area contributed by atoms with Crippen LogP contribution in [-0.2, 0) is 15.2 Å². The Morgan fingerprint density at radius 1 is 1.26 bits per heavy atom. The largest absolute Gasteiger partial charge is 0.454 e. The number of aliphatic hydroxyl groups is 1. The summed E-state index contributed by atoms with van der Waals surface area (Å²) in [7, 11) is 1.58. The van der Waals surface area contributed by atoms with Crippen molar-refractivity contribution in [3.63, 3.8) is 0 Å². The molecule has 0 radical (unpaired) electrons. The van der Waals surface area contributed by atoms with Gasteiger partial charge in [0.1, 0.15) is 0 Å². The maximum Gasteiger partial charge on any atom is 0.263 e. The summed E-state index contributed by atoms with van der Waals surface area (Å²) < 4.78 is 11.3. The molecule has 2 heterocycles. The lowest BCUT2D eigenvalue weighted by atomic mass is 9.89. The van der Waals surface area contributed by atoms with Crippen LogP contribution in [0.3, 0.4) is 0 Å². The van der Waals surface area contributed by atoms with Gasteiger partial charge in [-0.1, -0.05) is 28.1 Å². The van der Waals surface area contributed by atoms with Crippen LogP contribution in [0.15, 0.2) is 46.9 Å². The van der Waals surface area contributed by atoms with Gasteiger partial charge >= 0.3 is 0 Å². The van der Waals surface area contributed by atoms with Gasteiger partial charge in [0, 0.05) is 17.1 Å². The van der Waals surface area contributed by atoms with Gasteiger partial charge in [0.25, 0.3) is 5.91 Å². The first kappa shape index (κ1) is 17.8. The topological polar surface area (TPSA) is 76.1 Å². The second-order valence-corrected chi connectivity index (χ2v) is 7.39. The Hall–Kier alpha value is -2.64. The maximum absolute atomic E-state index is 12.6. The van der Waals surface area contributed by atoms with Crippen LogP contribution >= 0.6 is 15.9 Å². The van der Waals surface area contributed by atoms with E-state index in [9.17, 15) is 14.7 Å². The van der Waals surface area contributed by atoms with Crippen LogP contribution in [0.2, 0.25) is 0 Å². The van der Waals surface area contributed by atoms with Gasteiger partial charge in [-0.2, -0.15) is 0 Å². The zero-order chi connectivity index (χ0) is 19.2. The first-order chi connectivity index (χ1) is 12.9. The molecule has 27 heavy (non-hydrogen) atoms. The Morgan fingerprint density at radius 3 is 2.85 bits per heavy atom. The van der Waals surface area contributed by atoms with E-state index in [2.05, 4.69) is 15.9 Å². The van der Waals surface area contributed by atoms with Crippen LogP contribution in [0.1, 0.15) is 17.5 Å². The summed E-state index contributed by atoms with van der Waals surface area (Å²) >= 11 is 3.35. The van der Waals surface area contributed by atoms with Crippen molar-refractivity contribution in [2.75, 3.05) is 18.7 Å². The smallest absolute Gasteiger partial charge is 0.263 e. The van der Waals surface area contributed by atoms with E-state index >= 15 is 0 Å². The molecule has 2 aromatic rings. The predicted molar refractivity (Wildman–Crippen MR) is 103 cm³/mol. The Morgan fingerprint density at radius 2 is 2.04 bits per heavy atom. The van der Waals surface area contributed by atoms with E-state index in [1.165, 1.54) is 11.0 Å². The fraction of sp³-hybridized carbons (Fsp3) is 0.200. The molecule has 0 saturated heterocycles. The van der Waals surface area contributed by atoms with Gasteiger partial charge < -0.3 is 19.5 Å². The van der Waals surface area contributed by atoms with E-state index in [-0.39, 0.29) is 19.0 Å². The number of halogens is 1. The van der Waals surface area contributed by atoms with Gasteiger partial charge in [-0.25, -0.2) is 0 Å². The van der Waals surface area contributed by atoms with Gasteiger partial charge in [0.2, 0.25) is 6.79 Å². The fourth-order valence-corrected chi connectivity index (χ4v) is 3.68. The van der Waals surface area contributed by atoms with Crippen LogP contribution in [0.25, 0.3) is 6.08 Å². The third-order valence-corrected chi connectivity index (χ3v) is 5.21. The van der Waals surface area contributed by atoms with E-state index < -0.39 is 11.5 Å². The molecule has 1 atom stereocenters. The molecule has 138 valence electrons. The average molecular weight is 430 g/mol. The van der Waals surface area contributed by atoms with Gasteiger partial charge in [-0.15, -0.1) is 0 Å². The number of carbonyl (C=O) groups is 2. The zero-order valence-corrected chi connectivity index (χ0v) is 16.0. The van der Waals surface area contributed by atoms with Crippen molar-refractivity contribution < 1.29 is 24.2 Å². The highest BCUT2D eigenvalue weighted by molar-refractivity contribution is 9.10. The number of fused-ring (bicyclic) bond motifs is 2. The van der Waals surface area contributed by atoms with Crippen molar-refractivity contribution in [2.24, 2.45) is 0 Å². The van der Waals surface area contributed by atoms with Crippen LogP contribution in [-0.4, -0.2) is 30.6 Å². The quantitative estimate of drug-likeness (QED) is 0.755. The van der Waals surface area contributed by atoms with Gasteiger partial charge in [-0.3, -0.25) is 9.59 Å². The number of anilines is 1. The van der Waals surface area contributed by atoms with Gasteiger partial charge in [0.05, 0.1) is 12.1 Å². The van der Waals surface area contributed by atoms with Crippen LogP contribution in [0, 0.1) is 0 Å². The number of benzene rings is 2. The number of ketones is 1. The highest BCUT2D eigenvalue weighted by Gasteiger charge is 2.49. The number of rotatable bonds is 4. The molecule has 2 aliphatic heterocycles. The normalized spacial score (nSPS) is 20.4. The highest BCUT2D eigenvalue weighted by Crippen LogP contribution is 2.43. The molecule has 0 aliphatic carbocycles. The molecule has 2 aliphatic rings. The summed E-state index contributed by atoms with van der Waals surface area (Å²) in [5, 5.41) is 11.0. The second kappa shape index (κ2) is 6.51. The standard InChI is InChI=1S/C20H16BrNO5/c1-22-16-6-4-13(21)9-15(16)20(25,19(22)24)10-14(23)5-2-12-3-7-17-18(8-12)27-11-26-17/h2-9,25H,10-11H2,1H3/b5-2+/t20-/m1/s1. The molecule has 0 unspecified atom stereocenters. The van der Waals surface area contributed by atoms with E-state index in [0.29, 0.717) is 22.7 Å². The molecule has 0 saturated carbocycles. The Kier molecular flexibility index (Phi) is 4.28. The molecule has 4 rings (SSSR count). The van der Waals surface area contributed by atoms with Crippen LogP contribution in [0.4, 0.5) is 5.69 Å². The monoisotopic (exact) mass is 429 g/mol. The Bertz CT molecular complexity index is 986. The number of hydrogen-bond acceptors (Lipinski definition) is 5. The summed E-state index contributed by atoms with van der Waals surface area (Å²) in [6.07, 6.45) is 2.65. The minimum Gasteiger partial charge on any atom is -0.454 e. The first-order valence-electron chi connectivity index (χ1n) is 8.29. The van der Waals surface area contributed by atoms with Crippen LogP contribution in [0.5, 0.6) is 11.5 Å². The zero-order valence-electron chi connectivity index (χ0n) is 14.4. The summed E-state index contributed by atoms with van der Waals surface area (Å²) in [6.45, 7) is 0.180. The van der Waals surface area contributed by atoms with E-state index in [0.717, 1.165) is 10.0 Å². The highest BCUT2D eigenvalue weighted by atomic mass is 79.9. The second-order valence-electron chi connectivity index (χ2n) is 6.48. The number of likely N-dealkylation sites (N-methyl/N-ethyl adjacent to an activating group) is 1. The third kappa shape index (κ3) is 3.02.